The summed E-state index contributed by atoms with van der Waals surface area (Å²) in [6.45, 7) is 10.4. The number of amides is 1. The Bertz CT molecular complexity index is 2250. The predicted octanol–water partition coefficient (Wildman–Crippen LogP) is 4.95. The number of rotatable bonds is 9. The van der Waals surface area contributed by atoms with Gasteiger partial charge in [-0.15, -0.1) is 0 Å². The van der Waals surface area contributed by atoms with E-state index in [9.17, 15) is 19.2 Å². The highest BCUT2D eigenvalue weighted by atomic mass is 19.1. The third kappa shape index (κ3) is 8.22. The van der Waals surface area contributed by atoms with Crippen molar-refractivity contribution in [2.45, 2.75) is 51.9 Å². The van der Waals surface area contributed by atoms with E-state index in [0.29, 0.717) is 47.7 Å². The molecular formula is C39H43FN6O11. The number of piperazine rings is 1. The summed E-state index contributed by atoms with van der Waals surface area (Å²) >= 11 is 0. The van der Waals surface area contributed by atoms with Crippen LogP contribution in [0.2, 0.25) is 0 Å². The summed E-state index contributed by atoms with van der Waals surface area (Å²) in [5.74, 6) is -0.774. The Kier molecular flexibility index (Phi) is 12.3. The largest absolute Gasteiger partial charge is 0.510 e. The monoisotopic (exact) mass is 790 g/mol. The molecule has 302 valence electrons. The van der Waals surface area contributed by atoms with Gasteiger partial charge < -0.3 is 43.0 Å². The fraction of sp³-hybridized carbons (Fsp3) is 0.410. The molecule has 17 nitrogen and oxygen atoms in total. The number of halogens is 1. The van der Waals surface area contributed by atoms with Crippen LogP contribution in [0.4, 0.5) is 19.8 Å². The van der Waals surface area contributed by atoms with E-state index in [0.717, 1.165) is 14.2 Å². The van der Waals surface area contributed by atoms with Gasteiger partial charge in [-0.1, -0.05) is 26.5 Å². The molecule has 18 heteroatoms. The van der Waals surface area contributed by atoms with Crippen LogP contribution in [0.1, 0.15) is 49.6 Å². The Balaban J connectivity index is 1.67. The molecule has 2 bridgehead atoms. The molecule has 2 unspecified atom stereocenters. The topological polar surface area (TPSA) is 183 Å². The van der Waals surface area contributed by atoms with Gasteiger partial charge in [-0.25, -0.2) is 28.3 Å². The lowest BCUT2D eigenvalue weighted by Crippen LogP contribution is -2.54. The van der Waals surface area contributed by atoms with Crippen molar-refractivity contribution < 1.29 is 51.9 Å². The van der Waals surface area contributed by atoms with Crippen LogP contribution in [0, 0.1) is 12.7 Å². The van der Waals surface area contributed by atoms with Crippen LogP contribution in [0.25, 0.3) is 28.0 Å². The molecule has 57 heavy (non-hydrogen) atoms. The Morgan fingerprint density at radius 2 is 1.77 bits per heavy atom. The quantitative estimate of drug-likeness (QED) is 0.126. The number of pyridine rings is 2. The minimum Gasteiger partial charge on any atom is -0.490 e. The average molecular weight is 791 g/mol. The van der Waals surface area contributed by atoms with Gasteiger partial charge >= 0.3 is 18.0 Å². The standard InChI is InChI=1S/C39H43FN6O11/c1-8-29(47)44-14-15-45(23(5)17-44)35-25-16-22(4)32-30-26(40)10-9-11-27(30)53-18-28(54-19-56-38(49)51-6)34(55-20-57-39(50)52-7)24-12-13-41-31(21(2)3)33(24)46(36(25)42-32)37(48)43-35/h8-13,16,21,23,28,34H,1,14-15,17-20H2,2-7H3/t23-,28?,34?/m0/s1. The van der Waals surface area contributed by atoms with Crippen molar-refractivity contribution in [2.75, 3.05) is 58.9 Å². The fourth-order valence-corrected chi connectivity index (χ4v) is 6.98. The number of hydrogen-bond donors (Lipinski definition) is 0. The van der Waals surface area contributed by atoms with Gasteiger partial charge in [0.05, 0.1) is 42.2 Å². The molecule has 1 saturated heterocycles. The molecule has 1 fully saturated rings. The van der Waals surface area contributed by atoms with Crippen molar-refractivity contribution in [1.29, 1.82) is 0 Å². The summed E-state index contributed by atoms with van der Waals surface area (Å²) in [5.41, 5.74) is 1.07. The molecule has 3 atom stereocenters. The van der Waals surface area contributed by atoms with Gasteiger partial charge in [0, 0.05) is 37.4 Å². The number of carbonyl (C=O) groups is 3. The number of nitrogens with zero attached hydrogens (tertiary/aromatic N) is 6. The maximum absolute atomic E-state index is 16.1. The van der Waals surface area contributed by atoms with E-state index in [1.54, 1.807) is 30.0 Å². The van der Waals surface area contributed by atoms with Crippen LogP contribution >= 0.6 is 0 Å². The van der Waals surface area contributed by atoms with Crippen molar-refractivity contribution in [2.24, 2.45) is 0 Å². The lowest BCUT2D eigenvalue weighted by Gasteiger charge is -2.40. The number of aromatic nitrogens is 4. The minimum atomic E-state index is -1.26. The van der Waals surface area contributed by atoms with Crippen LogP contribution in [-0.4, -0.2) is 109 Å². The van der Waals surface area contributed by atoms with E-state index in [2.05, 4.69) is 26.0 Å². The minimum absolute atomic E-state index is 0.00583. The first-order valence-corrected chi connectivity index (χ1v) is 18.1. The SMILES string of the molecule is C=CC(=O)N1CCN(c2nc(=O)n3c4nc(c(C)cc24)-c2c(F)cccc2OCC(OCOC(=O)OC)C(OCOC(=O)OC)c2ccnc(C(C)C)c2-3)[C@@H](C)C1. The summed E-state index contributed by atoms with van der Waals surface area (Å²) in [7, 11) is 2.26. The number of benzene rings is 1. The predicted molar refractivity (Wildman–Crippen MR) is 202 cm³/mol. The first-order valence-electron chi connectivity index (χ1n) is 18.1. The number of ether oxygens (including phenoxy) is 7. The van der Waals surface area contributed by atoms with Crippen LogP contribution in [-0.2, 0) is 33.2 Å². The average Bonchev–Trinajstić information content (AvgIpc) is 3.19. The summed E-state index contributed by atoms with van der Waals surface area (Å²) in [6.07, 6.45) is -1.74. The Labute approximate surface area is 326 Å². The molecule has 4 aromatic rings. The number of anilines is 1. The molecule has 2 aliphatic rings. The third-order valence-electron chi connectivity index (χ3n) is 9.65. The molecule has 2 aliphatic heterocycles. The van der Waals surface area contributed by atoms with Gasteiger partial charge in [0.2, 0.25) is 5.91 Å². The van der Waals surface area contributed by atoms with Gasteiger partial charge in [0.15, 0.2) is 19.2 Å². The van der Waals surface area contributed by atoms with Gasteiger partial charge in [0.25, 0.3) is 0 Å². The van der Waals surface area contributed by atoms with Gasteiger partial charge in [-0.05, 0) is 55.7 Å². The summed E-state index contributed by atoms with van der Waals surface area (Å²) < 4.78 is 55.4. The van der Waals surface area contributed by atoms with E-state index >= 15 is 4.39 Å². The number of methoxy groups -OCH3 is 2. The Morgan fingerprint density at radius 3 is 2.44 bits per heavy atom. The summed E-state index contributed by atoms with van der Waals surface area (Å²) in [4.78, 5) is 69.3. The highest BCUT2D eigenvalue weighted by Crippen LogP contribution is 2.40. The smallest absolute Gasteiger partial charge is 0.490 e. The lowest BCUT2D eigenvalue weighted by atomic mass is 9.97. The lowest BCUT2D eigenvalue weighted by molar-refractivity contribution is -0.163. The van der Waals surface area contributed by atoms with E-state index in [4.69, 9.17) is 28.7 Å². The van der Waals surface area contributed by atoms with Gasteiger partial charge in [-0.2, -0.15) is 4.98 Å². The van der Waals surface area contributed by atoms with E-state index in [1.807, 2.05) is 25.7 Å². The summed E-state index contributed by atoms with van der Waals surface area (Å²) in [6, 6.07) is 7.41. The normalized spacial score (nSPS) is 17.8. The molecule has 5 heterocycles. The number of fused-ring (bicyclic) bond motifs is 5. The first-order chi connectivity index (χ1) is 27.4. The third-order valence-corrected chi connectivity index (χ3v) is 9.65. The highest BCUT2D eigenvalue weighted by molar-refractivity contribution is 5.92. The molecule has 0 saturated carbocycles. The zero-order valence-electron chi connectivity index (χ0n) is 32.4. The molecular weight excluding hydrogens is 747 g/mol. The second kappa shape index (κ2) is 17.3. The second-order valence-electron chi connectivity index (χ2n) is 13.5. The maximum atomic E-state index is 16.1. The second-order valence-corrected chi connectivity index (χ2v) is 13.5. The summed E-state index contributed by atoms with van der Waals surface area (Å²) in [5, 5.41) is 0.456. The number of carbonyl (C=O) groups excluding carboxylic acids is 3. The molecule has 6 rings (SSSR count). The number of hydrogen-bond acceptors (Lipinski definition) is 15. The van der Waals surface area contributed by atoms with E-state index in [-0.39, 0.29) is 52.8 Å². The van der Waals surface area contributed by atoms with Crippen LogP contribution in [0.3, 0.4) is 0 Å². The van der Waals surface area contributed by atoms with Crippen LogP contribution < -0.4 is 15.3 Å². The molecule has 0 aliphatic carbocycles. The highest BCUT2D eigenvalue weighted by Gasteiger charge is 2.36. The van der Waals surface area contributed by atoms with Crippen molar-refractivity contribution in [3.05, 3.63) is 82.3 Å². The zero-order chi connectivity index (χ0) is 41.0. The van der Waals surface area contributed by atoms with Crippen molar-refractivity contribution >= 4 is 35.1 Å². The van der Waals surface area contributed by atoms with Crippen molar-refractivity contribution in [3.8, 4) is 22.7 Å². The molecule has 1 aromatic carbocycles. The maximum Gasteiger partial charge on any atom is 0.510 e. The van der Waals surface area contributed by atoms with E-state index in [1.165, 1.54) is 29.0 Å². The molecule has 1 amide bonds. The molecule has 0 spiro atoms. The zero-order valence-corrected chi connectivity index (χ0v) is 32.4. The molecule has 3 aromatic heterocycles. The number of aryl methyl sites for hydroxylation is 1. The van der Waals surface area contributed by atoms with Crippen LogP contribution in [0.5, 0.6) is 5.75 Å². The fourth-order valence-electron chi connectivity index (χ4n) is 6.98. The van der Waals surface area contributed by atoms with Crippen molar-refractivity contribution in [3.63, 3.8) is 0 Å². The van der Waals surface area contributed by atoms with Crippen molar-refractivity contribution in [1.82, 2.24) is 24.4 Å². The van der Waals surface area contributed by atoms with Crippen LogP contribution in [0.15, 0.2) is 54.0 Å². The Morgan fingerprint density at radius 1 is 1.05 bits per heavy atom. The van der Waals surface area contributed by atoms with E-state index < -0.39 is 49.6 Å². The first kappa shape index (κ1) is 40.5. The van der Waals surface area contributed by atoms with Gasteiger partial charge in [-0.3, -0.25) is 9.78 Å². The van der Waals surface area contributed by atoms with Gasteiger partial charge in [0.1, 0.15) is 36.2 Å². The molecule has 0 N–H and O–H groups in total. The molecule has 0 radical (unpaired) electrons. The Hall–Kier alpha value is -6.14.